The van der Waals surface area contributed by atoms with E-state index in [4.69, 9.17) is 5.73 Å². The van der Waals surface area contributed by atoms with Crippen molar-refractivity contribution in [3.8, 4) is 0 Å². The summed E-state index contributed by atoms with van der Waals surface area (Å²) in [6, 6.07) is 1.15. The molecule has 0 unspecified atom stereocenters. The second-order valence-corrected chi connectivity index (χ2v) is 3.66. The number of nitrogens with zero attached hydrogens (tertiary/aromatic N) is 1. The molecule has 1 saturated carbocycles. The molecule has 1 aliphatic rings. The average Bonchev–Trinajstić information content (AvgIpc) is 2.81. The van der Waals surface area contributed by atoms with E-state index >= 15 is 0 Å². The van der Waals surface area contributed by atoms with Crippen LogP contribution in [0.5, 0.6) is 0 Å². The molecule has 76 valence electrons. The van der Waals surface area contributed by atoms with E-state index in [-0.39, 0.29) is 5.91 Å². The van der Waals surface area contributed by atoms with Gasteiger partial charge in [-0.05, 0) is 12.3 Å². The monoisotopic (exact) mass is 195 g/mol. The molecule has 14 heavy (non-hydrogen) atoms. The van der Waals surface area contributed by atoms with Gasteiger partial charge in [-0.2, -0.15) is 0 Å². The van der Waals surface area contributed by atoms with Crippen molar-refractivity contribution >= 4 is 11.7 Å². The van der Waals surface area contributed by atoms with E-state index in [1.165, 1.54) is 19.1 Å². The molecule has 1 fully saturated rings. The van der Waals surface area contributed by atoms with Crippen LogP contribution in [0.3, 0.4) is 0 Å². The number of carbonyl (C=O) groups is 1. The van der Waals surface area contributed by atoms with Crippen LogP contribution in [0.2, 0.25) is 0 Å². The zero-order chi connectivity index (χ0) is 9.97. The van der Waals surface area contributed by atoms with E-state index in [2.05, 4.69) is 15.0 Å². The summed E-state index contributed by atoms with van der Waals surface area (Å²) in [6.07, 6.45) is 4.57. The highest BCUT2D eigenvalue weighted by molar-refractivity contribution is 5.93. The molecule has 0 bridgehead atoms. The quantitative estimate of drug-likeness (QED) is 0.742. The normalized spacial score (nSPS) is 17.8. The van der Waals surface area contributed by atoms with Crippen molar-refractivity contribution in [2.45, 2.75) is 25.3 Å². The highest BCUT2D eigenvalue weighted by atomic mass is 16.5. The molecule has 5 nitrogen and oxygen atoms in total. The molecule has 0 aromatic carbocycles. The summed E-state index contributed by atoms with van der Waals surface area (Å²) in [4.78, 5) is 11.5. The number of rotatable bonds is 4. The highest BCUT2D eigenvalue weighted by Gasteiger charge is 2.27. The van der Waals surface area contributed by atoms with Crippen molar-refractivity contribution in [1.29, 1.82) is 0 Å². The molecule has 0 spiro atoms. The van der Waals surface area contributed by atoms with Gasteiger partial charge in [0.1, 0.15) is 6.26 Å². The summed E-state index contributed by atoms with van der Waals surface area (Å²) in [7, 11) is 0. The number of hydrogen-bond donors (Lipinski definition) is 2. The maximum absolute atomic E-state index is 11.5. The molecular formula is C9H13N3O2. The van der Waals surface area contributed by atoms with Crippen LogP contribution in [0.25, 0.3) is 0 Å². The van der Waals surface area contributed by atoms with E-state index in [1.807, 2.05) is 0 Å². The molecule has 0 radical (unpaired) electrons. The molecule has 5 heteroatoms. The smallest absolute Gasteiger partial charge is 0.242 e. The van der Waals surface area contributed by atoms with Crippen LogP contribution in [0.4, 0.5) is 5.82 Å². The van der Waals surface area contributed by atoms with Gasteiger partial charge in [0.25, 0.3) is 0 Å². The van der Waals surface area contributed by atoms with Crippen LogP contribution in [-0.4, -0.2) is 17.1 Å². The number of anilines is 1. The molecule has 3 N–H and O–H groups in total. The van der Waals surface area contributed by atoms with Crippen LogP contribution in [-0.2, 0) is 4.79 Å². The van der Waals surface area contributed by atoms with Crippen molar-refractivity contribution in [1.82, 2.24) is 5.16 Å². The van der Waals surface area contributed by atoms with E-state index < -0.39 is 6.04 Å². The molecule has 1 amide bonds. The van der Waals surface area contributed by atoms with Crippen LogP contribution < -0.4 is 11.1 Å². The number of nitrogens with one attached hydrogen (secondary N) is 1. The Balaban J connectivity index is 1.81. The van der Waals surface area contributed by atoms with Crippen LogP contribution in [0, 0.1) is 5.92 Å². The number of amides is 1. The van der Waals surface area contributed by atoms with Crippen LogP contribution >= 0.6 is 0 Å². The number of carbonyl (C=O) groups excluding carboxylic acids is 1. The Bertz CT molecular complexity index is 306. The lowest BCUT2D eigenvalue weighted by atomic mass is 10.1. The van der Waals surface area contributed by atoms with Crippen molar-refractivity contribution < 1.29 is 9.32 Å². The molecular weight excluding hydrogens is 182 g/mol. The van der Waals surface area contributed by atoms with Gasteiger partial charge in [0.05, 0.1) is 6.04 Å². The number of hydrogen-bond acceptors (Lipinski definition) is 4. The minimum Gasteiger partial charge on any atom is -0.363 e. The van der Waals surface area contributed by atoms with Gasteiger partial charge in [-0.15, -0.1) is 0 Å². The average molecular weight is 195 g/mol. The molecule has 1 aliphatic carbocycles. The number of aromatic nitrogens is 1. The molecule has 0 saturated heterocycles. The van der Waals surface area contributed by atoms with Gasteiger partial charge in [-0.3, -0.25) is 4.79 Å². The van der Waals surface area contributed by atoms with Gasteiger partial charge in [0.2, 0.25) is 5.91 Å². The predicted molar refractivity (Wildman–Crippen MR) is 50.4 cm³/mol. The minimum absolute atomic E-state index is 0.189. The first-order chi connectivity index (χ1) is 6.75. The van der Waals surface area contributed by atoms with Crippen molar-refractivity contribution in [3.05, 3.63) is 12.3 Å². The topological polar surface area (TPSA) is 81.2 Å². The lowest BCUT2D eigenvalue weighted by molar-refractivity contribution is -0.117. The minimum atomic E-state index is -0.431. The molecule has 1 atom stereocenters. The molecule has 0 aliphatic heterocycles. The molecule has 1 heterocycles. The summed E-state index contributed by atoms with van der Waals surface area (Å²) in [5.41, 5.74) is 5.70. The SMILES string of the molecule is N[C@@H](CC1CC1)C(=O)Nc1ccon1. The van der Waals surface area contributed by atoms with Gasteiger partial charge < -0.3 is 15.6 Å². The third kappa shape index (κ3) is 2.32. The Kier molecular flexibility index (Phi) is 2.49. The van der Waals surface area contributed by atoms with E-state index in [1.54, 1.807) is 6.07 Å². The zero-order valence-electron chi connectivity index (χ0n) is 7.77. The maximum atomic E-state index is 11.5. The van der Waals surface area contributed by atoms with Crippen molar-refractivity contribution in [2.75, 3.05) is 5.32 Å². The molecule has 2 rings (SSSR count). The third-order valence-electron chi connectivity index (χ3n) is 2.31. The Labute approximate surface area is 81.6 Å². The van der Waals surface area contributed by atoms with Crippen LogP contribution in [0.15, 0.2) is 16.9 Å². The first-order valence-electron chi connectivity index (χ1n) is 4.72. The summed E-state index contributed by atoms with van der Waals surface area (Å²) < 4.78 is 4.58. The Morgan fingerprint density at radius 1 is 1.79 bits per heavy atom. The van der Waals surface area contributed by atoms with E-state index in [0.717, 1.165) is 6.42 Å². The van der Waals surface area contributed by atoms with E-state index in [0.29, 0.717) is 11.7 Å². The van der Waals surface area contributed by atoms with Gasteiger partial charge in [-0.25, -0.2) is 0 Å². The lowest BCUT2D eigenvalue weighted by Gasteiger charge is -2.09. The summed E-state index contributed by atoms with van der Waals surface area (Å²) in [6.45, 7) is 0. The highest BCUT2D eigenvalue weighted by Crippen LogP contribution is 2.33. The summed E-state index contributed by atoms with van der Waals surface area (Å²) in [5, 5.41) is 6.16. The Hall–Kier alpha value is -1.36. The zero-order valence-corrected chi connectivity index (χ0v) is 7.77. The Morgan fingerprint density at radius 3 is 3.14 bits per heavy atom. The van der Waals surface area contributed by atoms with Gasteiger partial charge >= 0.3 is 0 Å². The molecule has 1 aromatic heterocycles. The predicted octanol–water partition coefficient (Wildman–Crippen LogP) is 0.740. The van der Waals surface area contributed by atoms with Gasteiger partial charge in [-0.1, -0.05) is 18.0 Å². The third-order valence-corrected chi connectivity index (χ3v) is 2.31. The summed E-state index contributed by atoms with van der Waals surface area (Å²) >= 11 is 0. The second kappa shape index (κ2) is 3.79. The van der Waals surface area contributed by atoms with Gasteiger partial charge in [0, 0.05) is 6.07 Å². The summed E-state index contributed by atoms with van der Waals surface area (Å²) in [5.74, 6) is 0.875. The Morgan fingerprint density at radius 2 is 2.57 bits per heavy atom. The largest absolute Gasteiger partial charge is 0.363 e. The first-order valence-corrected chi connectivity index (χ1v) is 4.72. The van der Waals surface area contributed by atoms with E-state index in [9.17, 15) is 4.79 Å². The first kappa shape index (κ1) is 9.21. The fourth-order valence-electron chi connectivity index (χ4n) is 1.32. The van der Waals surface area contributed by atoms with Crippen molar-refractivity contribution in [2.24, 2.45) is 11.7 Å². The lowest BCUT2D eigenvalue weighted by Crippen LogP contribution is -2.36. The molecule has 1 aromatic rings. The fourth-order valence-corrected chi connectivity index (χ4v) is 1.32. The standard InChI is InChI=1S/C9H13N3O2/c10-7(5-6-1-2-6)9(13)11-8-3-4-14-12-8/h3-4,6-7H,1-2,5,10H2,(H,11,12,13)/t7-/m0/s1. The fraction of sp³-hybridized carbons (Fsp3) is 0.556. The van der Waals surface area contributed by atoms with Crippen molar-refractivity contribution in [3.63, 3.8) is 0 Å². The van der Waals surface area contributed by atoms with Crippen LogP contribution in [0.1, 0.15) is 19.3 Å². The maximum Gasteiger partial charge on any atom is 0.242 e. The van der Waals surface area contributed by atoms with Gasteiger partial charge in [0.15, 0.2) is 5.82 Å². The number of nitrogens with two attached hydrogens (primary N) is 1. The second-order valence-electron chi connectivity index (χ2n) is 3.66.